The number of rotatable bonds is 1. The molecule has 0 radical (unpaired) electrons. The number of carbonyl (C=O) groups is 1. The van der Waals surface area contributed by atoms with E-state index in [1.54, 1.807) is 4.90 Å². The van der Waals surface area contributed by atoms with Gasteiger partial charge in [0.15, 0.2) is 0 Å². The molecule has 0 unspecified atom stereocenters. The summed E-state index contributed by atoms with van der Waals surface area (Å²) in [6.45, 7) is 3.85. The highest BCUT2D eigenvalue weighted by atomic mass is 35.5. The fourth-order valence-corrected chi connectivity index (χ4v) is 3.54. The predicted molar refractivity (Wildman–Crippen MR) is 82.7 cm³/mol. The van der Waals surface area contributed by atoms with Crippen molar-refractivity contribution in [2.75, 3.05) is 39.8 Å². The van der Waals surface area contributed by atoms with E-state index < -0.39 is 5.82 Å². The molecule has 1 spiro atoms. The van der Waals surface area contributed by atoms with Crippen LogP contribution in [0, 0.1) is 5.82 Å². The highest BCUT2D eigenvalue weighted by molar-refractivity contribution is 6.31. The van der Waals surface area contributed by atoms with E-state index in [1.807, 2.05) is 0 Å². The first-order valence-electron chi connectivity index (χ1n) is 7.55. The summed E-state index contributed by atoms with van der Waals surface area (Å²) in [6, 6.07) is 3.96. The van der Waals surface area contributed by atoms with Gasteiger partial charge in [-0.3, -0.25) is 4.79 Å². The molecule has 2 aliphatic heterocycles. The van der Waals surface area contributed by atoms with Gasteiger partial charge in [-0.1, -0.05) is 11.6 Å². The van der Waals surface area contributed by atoms with Crippen molar-refractivity contribution in [1.82, 2.24) is 9.80 Å². The Bertz CT molecular complexity index is 553. The Labute approximate surface area is 134 Å². The monoisotopic (exact) mass is 326 g/mol. The van der Waals surface area contributed by atoms with E-state index in [-0.39, 0.29) is 16.5 Å². The second kappa shape index (κ2) is 6.14. The van der Waals surface area contributed by atoms with Crippen LogP contribution in [0.2, 0.25) is 5.02 Å². The number of hydrogen-bond donors (Lipinski definition) is 0. The topological polar surface area (TPSA) is 32.8 Å². The summed E-state index contributed by atoms with van der Waals surface area (Å²) in [6.07, 6.45) is 1.62. The van der Waals surface area contributed by atoms with Gasteiger partial charge in [0, 0.05) is 36.8 Å². The first-order chi connectivity index (χ1) is 10.5. The summed E-state index contributed by atoms with van der Waals surface area (Å²) < 4.78 is 19.4. The number of hydrogen-bond acceptors (Lipinski definition) is 3. The van der Waals surface area contributed by atoms with E-state index in [4.69, 9.17) is 16.3 Å². The van der Waals surface area contributed by atoms with Crippen molar-refractivity contribution >= 4 is 17.5 Å². The zero-order valence-corrected chi connectivity index (χ0v) is 13.4. The number of halogens is 2. The van der Waals surface area contributed by atoms with Gasteiger partial charge in [-0.2, -0.15) is 0 Å². The lowest BCUT2D eigenvalue weighted by Crippen LogP contribution is -2.56. The van der Waals surface area contributed by atoms with Crippen molar-refractivity contribution in [1.29, 1.82) is 0 Å². The summed E-state index contributed by atoms with van der Waals surface area (Å²) in [5.41, 5.74) is 0.172. The molecule has 22 heavy (non-hydrogen) atoms. The molecule has 0 aliphatic carbocycles. The van der Waals surface area contributed by atoms with Crippen molar-refractivity contribution < 1.29 is 13.9 Å². The van der Waals surface area contributed by atoms with Gasteiger partial charge in [-0.15, -0.1) is 0 Å². The first kappa shape index (κ1) is 15.7. The molecule has 2 heterocycles. The maximum absolute atomic E-state index is 13.4. The van der Waals surface area contributed by atoms with Crippen LogP contribution in [0.15, 0.2) is 18.2 Å². The first-order valence-corrected chi connectivity index (χ1v) is 7.93. The summed E-state index contributed by atoms with van der Waals surface area (Å²) >= 11 is 5.83. The smallest absolute Gasteiger partial charge is 0.254 e. The minimum absolute atomic E-state index is 0.136. The molecule has 120 valence electrons. The molecular weight excluding hydrogens is 307 g/mol. The Balaban J connectivity index is 1.67. The molecule has 0 N–H and O–H groups in total. The van der Waals surface area contributed by atoms with E-state index in [9.17, 15) is 9.18 Å². The molecule has 0 saturated carbocycles. The van der Waals surface area contributed by atoms with Gasteiger partial charge < -0.3 is 14.5 Å². The van der Waals surface area contributed by atoms with E-state index in [0.717, 1.165) is 32.5 Å². The van der Waals surface area contributed by atoms with Crippen LogP contribution in [0.4, 0.5) is 4.39 Å². The Morgan fingerprint density at radius 3 is 2.64 bits per heavy atom. The number of benzene rings is 1. The number of piperidine rings is 1. The normalized spacial score (nSPS) is 22.0. The molecule has 2 aliphatic rings. The lowest BCUT2D eigenvalue weighted by atomic mass is 9.89. The standard InChI is InChI=1S/C16H20ClFN2O2/c1-19-6-7-22-16(11-19)2-4-20(5-3-16)15(21)12-8-13(17)10-14(18)9-12/h8-10H,2-7,11H2,1H3. The lowest BCUT2D eigenvalue weighted by molar-refractivity contribution is -0.127. The number of carbonyl (C=O) groups excluding carboxylic acids is 1. The average Bonchev–Trinajstić information content (AvgIpc) is 2.46. The molecule has 3 rings (SSSR count). The quantitative estimate of drug-likeness (QED) is 0.794. The molecule has 2 fully saturated rings. The highest BCUT2D eigenvalue weighted by Gasteiger charge is 2.39. The number of likely N-dealkylation sites (N-methyl/N-ethyl adjacent to an activating group) is 1. The van der Waals surface area contributed by atoms with Gasteiger partial charge in [0.1, 0.15) is 5.82 Å². The van der Waals surface area contributed by atoms with Crippen molar-refractivity contribution in [3.63, 3.8) is 0 Å². The van der Waals surface area contributed by atoms with Crippen LogP contribution in [0.5, 0.6) is 0 Å². The maximum Gasteiger partial charge on any atom is 0.254 e. The number of morpholine rings is 1. The molecule has 2 saturated heterocycles. The van der Waals surface area contributed by atoms with Crippen molar-refractivity contribution in [2.24, 2.45) is 0 Å². The lowest BCUT2D eigenvalue weighted by Gasteiger charge is -2.46. The van der Waals surface area contributed by atoms with Crippen molar-refractivity contribution in [3.05, 3.63) is 34.6 Å². The van der Waals surface area contributed by atoms with Crippen LogP contribution >= 0.6 is 11.6 Å². The Hall–Kier alpha value is -1.17. The third-order valence-corrected chi connectivity index (χ3v) is 4.73. The fraction of sp³-hybridized carbons (Fsp3) is 0.562. The SMILES string of the molecule is CN1CCOC2(CCN(C(=O)c3cc(F)cc(Cl)c3)CC2)C1. The minimum Gasteiger partial charge on any atom is -0.372 e. The van der Waals surface area contributed by atoms with Crippen LogP contribution < -0.4 is 0 Å². The zero-order valence-electron chi connectivity index (χ0n) is 12.6. The largest absolute Gasteiger partial charge is 0.372 e. The summed E-state index contributed by atoms with van der Waals surface area (Å²) in [7, 11) is 2.09. The molecule has 0 aromatic heterocycles. The van der Waals surface area contributed by atoms with Gasteiger partial charge in [-0.05, 0) is 38.1 Å². The number of ether oxygens (including phenoxy) is 1. The Morgan fingerprint density at radius 1 is 1.27 bits per heavy atom. The molecular formula is C16H20ClFN2O2. The Kier molecular flexibility index (Phi) is 4.39. The third kappa shape index (κ3) is 3.26. The van der Waals surface area contributed by atoms with Crippen LogP contribution in [0.1, 0.15) is 23.2 Å². The van der Waals surface area contributed by atoms with E-state index in [2.05, 4.69) is 11.9 Å². The molecule has 4 nitrogen and oxygen atoms in total. The maximum atomic E-state index is 13.4. The molecule has 1 amide bonds. The number of amides is 1. The average molecular weight is 327 g/mol. The van der Waals surface area contributed by atoms with Gasteiger partial charge in [0.05, 0.1) is 12.2 Å². The fourth-order valence-electron chi connectivity index (χ4n) is 3.31. The van der Waals surface area contributed by atoms with Crippen LogP contribution in [0.25, 0.3) is 0 Å². The van der Waals surface area contributed by atoms with Gasteiger partial charge >= 0.3 is 0 Å². The van der Waals surface area contributed by atoms with Gasteiger partial charge in [0.2, 0.25) is 0 Å². The molecule has 6 heteroatoms. The predicted octanol–water partition coefficient (Wildman–Crippen LogP) is 2.42. The van der Waals surface area contributed by atoms with Gasteiger partial charge in [-0.25, -0.2) is 4.39 Å². The molecule has 0 bridgehead atoms. The Morgan fingerprint density at radius 2 is 2.00 bits per heavy atom. The van der Waals surface area contributed by atoms with Gasteiger partial charge in [0.25, 0.3) is 5.91 Å². The second-order valence-corrected chi connectivity index (χ2v) is 6.66. The summed E-state index contributed by atoms with van der Waals surface area (Å²) in [4.78, 5) is 16.5. The van der Waals surface area contributed by atoms with Crippen molar-refractivity contribution in [3.8, 4) is 0 Å². The van der Waals surface area contributed by atoms with Crippen molar-refractivity contribution in [2.45, 2.75) is 18.4 Å². The number of likely N-dealkylation sites (tertiary alicyclic amines) is 1. The summed E-state index contributed by atoms with van der Waals surface area (Å²) in [5, 5.41) is 0.245. The molecule has 1 aromatic carbocycles. The summed E-state index contributed by atoms with van der Waals surface area (Å²) in [5.74, 6) is -0.651. The van der Waals surface area contributed by atoms with Crippen LogP contribution in [-0.4, -0.2) is 61.1 Å². The minimum atomic E-state index is -0.485. The highest BCUT2D eigenvalue weighted by Crippen LogP contribution is 2.30. The van der Waals surface area contributed by atoms with E-state index >= 15 is 0 Å². The van der Waals surface area contributed by atoms with E-state index in [0.29, 0.717) is 18.7 Å². The number of nitrogens with zero attached hydrogens (tertiary/aromatic N) is 2. The van der Waals surface area contributed by atoms with E-state index in [1.165, 1.54) is 18.2 Å². The molecule has 0 atom stereocenters. The molecule has 1 aromatic rings. The van der Waals surface area contributed by atoms with Crippen LogP contribution in [0.3, 0.4) is 0 Å². The van der Waals surface area contributed by atoms with Crippen LogP contribution in [-0.2, 0) is 4.74 Å². The zero-order chi connectivity index (χ0) is 15.7. The second-order valence-electron chi connectivity index (χ2n) is 6.22. The third-order valence-electron chi connectivity index (χ3n) is 4.51.